The van der Waals surface area contributed by atoms with Gasteiger partial charge >= 0.3 is 11.8 Å². The van der Waals surface area contributed by atoms with E-state index in [9.17, 15) is 14.7 Å². The summed E-state index contributed by atoms with van der Waals surface area (Å²) in [6.07, 6.45) is 1.12. The third kappa shape index (κ3) is 4.61. The predicted molar refractivity (Wildman–Crippen MR) is 90.6 cm³/mol. The van der Waals surface area contributed by atoms with Crippen LogP contribution in [0.15, 0.2) is 41.5 Å². The third-order valence-electron chi connectivity index (χ3n) is 2.77. The van der Waals surface area contributed by atoms with E-state index in [4.69, 9.17) is 28.3 Å². The van der Waals surface area contributed by atoms with E-state index in [0.717, 1.165) is 12.3 Å². The summed E-state index contributed by atoms with van der Waals surface area (Å²) in [5, 5.41) is 25.1. The van der Waals surface area contributed by atoms with Crippen LogP contribution in [0.4, 0.5) is 5.69 Å². The fourth-order valence-electron chi connectivity index (χ4n) is 1.61. The molecule has 0 bridgehead atoms. The van der Waals surface area contributed by atoms with Crippen LogP contribution in [0.1, 0.15) is 5.56 Å². The van der Waals surface area contributed by atoms with Crippen LogP contribution in [0.5, 0.6) is 11.5 Å². The van der Waals surface area contributed by atoms with Crippen LogP contribution in [0.25, 0.3) is 0 Å². The van der Waals surface area contributed by atoms with Crippen LogP contribution in [0.3, 0.4) is 0 Å². The number of aromatic hydroxyl groups is 2. The second kappa shape index (κ2) is 7.67. The van der Waals surface area contributed by atoms with Crippen LogP contribution < -0.4 is 10.7 Å². The summed E-state index contributed by atoms with van der Waals surface area (Å²) < 4.78 is 0. The largest absolute Gasteiger partial charge is 0.508 e. The summed E-state index contributed by atoms with van der Waals surface area (Å²) in [5.74, 6) is -2.32. The molecule has 4 N–H and O–H groups in total. The van der Waals surface area contributed by atoms with E-state index in [-0.39, 0.29) is 22.1 Å². The van der Waals surface area contributed by atoms with Gasteiger partial charge in [0, 0.05) is 17.3 Å². The van der Waals surface area contributed by atoms with Gasteiger partial charge in [0.05, 0.1) is 16.3 Å². The standard InChI is InChI=1S/C15H11Cl2N3O4/c16-11-4-2-9(5-12(11)17)19-14(23)15(24)20-18-7-8-1-3-10(21)6-13(8)22/h1-7,21-22H,(H,19,23)(H,20,24). The smallest absolute Gasteiger partial charge is 0.329 e. The van der Waals surface area contributed by atoms with Crippen LogP contribution in [0.2, 0.25) is 10.0 Å². The summed E-state index contributed by atoms with van der Waals surface area (Å²) in [5.41, 5.74) is 2.55. The minimum absolute atomic E-state index is 0.116. The van der Waals surface area contributed by atoms with Gasteiger partial charge in [-0.3, -0.25) is 9.59 Å². The van der Waals surface area contributed by atoms with Gasteiger partial charge in [0.15, 0.2) is 0 Å². The molecule has 0 radical (unpaired) electrons. The zero-order valence-electron chi connectivity index (χ0n) is 12.0. The molecule has 0 saturated heterocycles. The molecule has 2 amide bonds. The molecule has 2 aromatic carbocycles. The Kier molecular flexibility index (Phi) is 5.62. The van der Waals surface area contributed by atoms with Crippen molar-refractivity contribution in [2.75, 3.05) is 5.32 Å². The van der Waals surface area contributed by atoms with Crippen molar-refractivity contribution < 1.29 is 19.8 Å². The van der Waals surface area contributed by atoms with Gasteiger partial charge in [-0.1, -0.05) is 23.2 Å². The molecule has 0 aliphatic heterocycles. The van der Waals surface area contributed by atoms with Crippen molar-refractivity contribution in [3.8, 4) is 11.5 Å². The summed E-state index contributed by atoms with van der Waals surface area (Å²) in [7, 11) is 0. The Balaban J connectivity index is 1.95. The molecule has 0 aliphatic carbocycles. The van der Waals surface area contributed by atoms with Crippen molar-refractivity contribution in [1.82, 2.24) is 5.43 Å². The predicted octanol–water partition coefficient (Wildman–Crippen LogP) is 2.49. The number of nitrogens with zero attached hydrogens (tertiary/aromatic N) is 1. The monoisotopic (exact) mass is 367 g/mol. The van der Waals surface area contributed by atoms with Gasteiger partial charge in [-0.05, 0) is 30.3 Å². The number of benzene rings is 2. The zero-order chi connectivity index (χ0) is 17.7. The first-order chi connectivity index (χ1) is 11.4. The number of carbonyl (C=O) groups is 2. The molecular formula is C15H11Cl2N3O4. The third-order valence-corrected chi connectivity index (χ3v) is 3.51. The van der Waals surface area contributed by atoms with Gasteiger partial charge < -0.3 is 15.5 Å². The van der Waals surface area contributed by atoms with Gasteiger partial charge in [-0.2, -0.15) is 5.10 Å². The van der Waals surface area contributed by atoms with Crippen molar-refractivity contribution in [3.63, 3.8) is 0 Å². The lowest BCUT2D eigenvalue weighted by atomic mass is 10.2. The molecule has 24 heavy (non-hydrogen) atoms. The molecule has 0 spiro atoms. The second-order valence-electron chi connectivity index (χ2n) is 4.53. The number of rotatable bonds is 3. The average molecular weight is 368 g/mol. The number of amides is 2. The highest BCUT2D eigenvalue weighted by molar-refractivity contribution is 6.42. The molecule has 0 saturated carbocycles. The summed E-state index contributed by atoms with van der Waals surface area (Å²) in [6.45, 7) is 0. The highest BCUT2D eigenvalue weighted by atomic mass is 35.5. The summed E-state index contributed by atoms with van der Waals surface area (Å²) >= 11 is 11.6. The Morgan fingerprint density at radius 3 is 2.42 bits per heavy atom. The maximum Gasteiger partial charge on any atom is 0.329 e. The van der Waals surface area contributed by atoms with Gasteiger partial charge in [0.1, 0.15) is 11.5 Å². The SMILES string of the molecule is O=C(NN=Cc1ccc(O)cc1O)C(=O)Nc1ccc(Cl)c(Cl)c1. The average Bonchev–Trinajstić information content (AvgIpc) is 2.53. The van der Waals surface area contributed by atoms with E-state index in [1.165, 1.54) is 30.3 Å². The molecule has 0 aromatic heterocycles. The Morgan fingerprint density at radius 1 is 1.00 bits per heavy atom. The van der Waals surface area contributed by atoms with E-state index < -0.39 is 11.8 Å². The topological polar surface area (TPSA) is 111 Å². The molecule has 0 unspecified atom stereocenters. The van der Waals surface area contributed by atoms with Crippen molar-refractivity contribution in [2.45, 2.75) is 0 Å². The molecule has 0 aliphatic rings. The molecule has 0 atom stereocenters. The lowest BCUT2D eigenvalue weighted by molar-refractivity contribution is -0.136. The zero-order valence-corrected chi connectivity index (χ0v) is 13.5. The molecule has 2 rings (SSSR count). The Bertz CT molecular complexity index is 824. The van der Waals surface area contributed by atoms with Crippen molar-refractivity contribution >= 4 is 46.9 Å². The Hall–Kier alpha value is -2.77. The molecule has 124 valence electrons. The van der Waals surface area contributed by atoms with Gasteiger partial charge in [0.25, 0.3) is 0 Å². The van der Waals surface area contributed by atoms with Crippen LogP contribution in [0, 0.1) is 0 Å². The first kappa shape index (κ1) is 17.6. The van der Waals surface area contributed by atoms with E-state index in [1.807, 2.05) is 5.43 Å². The van der Waals surface area contributed by atoms with E-state index in [1.54, 1.807) is 0 Å². The van der Waals surface area contributed by atoms with Crippen molar-refractivity contribution in [1.29, 1.82) is 0 Å². The minimum atomic E-state index is -1.02. The fourth-order valence-corrected chi connectivity index (χ4v) is 1.91. The van der Waals surface area contributed by atoms with Crippen LogP contribution >= 0.6 is 23.2 Å². The maximum absolute atomic E-state index is 11.7. The number of anilines is 1. The lowest BCUT2D eigenvalue weighted by Gasteiger charge is -2.05. The second-order valence-corrected chi connectivity index (χ2v) is 5.34. The molecule has 7 nitrogen and oxygen atoms in total. The van der Waals surface area contributed by atoms with E-state index >= 15 is 0 Å². The number of nitrogens with one attached hydrogen (secondary N) is 2. The quantitative estimate of drug-likeness (QED) is 0.379. The number of phenolic OH excluding ortho intramolecular Hbond substituents is 2. The number of hydrazone groups is 1. The number of carbonyl (C=O) groups excluding carboxylic acids is 2. The fraction of sp³-hybridized carbons (Fsp3) is 0. The summed E-state index contributed by atoms with van der Waals surface area (Å²) in [4.78, 5) is 23.3. The highest BCUT2D eigenvalue weighted by Gasteiger charge is 2.13. The van der Waals surface area contributed by atoms with Crippen LogP contribution in [-0.2, 0) is 9.59 Å². The van der Waals surface area contributed by atoms with Gasteiger partial charge in [0.2, 0.25) is 0 Å². The lowest BCUT2D eigenvalue weighted by Crippen LogP contribution is -2.32. The van der Waals surface area contributed by atoms with Crippen molar-refractivity contribution in [2.24, 2.45) is 5.10 Å². The Morgan fingerprint density at radius 2 is 1.75 bits per heavy atom. The highest BCUT2D eigenvalue weighted by Crippen LogP contribution is 2.25. The molecular weight excluding hydrogens is 357 g/mol. The number of hydrogen-bond donors (Lipinski definition) is 4. The molecule has 2 aromatic rings. The molecule has 0 heterocycles. The van der Waals surface area contributed by atoms with Crippen LogP contribution in [-0.4, -0.2) is 28.2 Å². The minimum Gasteiger partial charge on any atom is -0.508 e. The molecule has 9 heteroatoms. The first-order valence-corrected chi connectivity index (χ1v) is 7.24. The van der Waals surface area contributed by atoms with Gasteiger partial charge in [-0.15, -0.1) is 0 Å². The number of phenols is 2. The number of hydrogen-bond acceptors (Lipinski definition) is 5. The maximum atomic E-state index is 11.7. The summed E-state index contributed by atoms with van der Waals surface area (Å²) in [6, 6.07) is 8.18. The van der Waals surface area contributed by atoms with Crippen molar-refractivity contribution in [3.05, 3.63) is 52.0 Å². The van der Waals surface area contributed by atoms with Gasteiger partial charge in [-0.25, -0.2) is 5.43 Å². The van der Waals surface area contributed by atoms with E-state index in [2.05, 4.69) is 10.4 Å². The van der Waals surface area contributed by atoms with E-state index in [0.29, 0.717) is 10.7 Å². The number of halogens is 2. The molecule has 0 fully saturated rings. The normalized spacial score (nSPS) is 10.6. The Labute approximate surface area is 146 Å². The first-order valence-electron chi connectivity index (χ1n) is 6.48.